The second-order valence-corrected chi connectivity index (χ2v) is 5.12. The Bertz CT molecular complexity index is 376. The lowest BCUT2D eigenvalue weighted by atomic mass is 9.98. The van der Waals surface area contributed by atoms with E-state index in [0.29, 0.717) is 0 Å². The van der Waals surface area contributed by atoms with Crippen molar-refractivity contribution in [2.24, 2.45) is 0 Å². The van der Waals surface area contributed by atoms with Gasteiger partial charge in [0.25, 0.3) is 0 Å². The summed E-state index contributed by atoms with van der Waals surface area (Å²) < 4.78 is 10.0. The van der Waals surface area contributed by atoms with Crippen LogP contribution in [0.1, 0.15) is 0 Å². The standard InChI is InChI=1S/C12H22O11/c13-1-4(16)7(18)11(5(17)2-14)23-12-10(21)9(20)8(19)6(3-15)22-12/h4,6-16,18-21H,1-3H2/t4-,6-,7-,8-,9+,10+,11-,12-/m1/s1. The van der Waals surface area contributed by atoms with Crippen molar-refractivity contribution in [3.8, 4) is 0 Å². The molecule has 0 aromatic rings. The third-order valence-electron chi connectivity index (χ3n) is 3.49. The van der Waals surface area contributed by atoms with Gasteiger partial charge in [-0.2, -0.15) is 0 Å². The fourth-order valence-corrected chi connectivity index (χ4v) is 2.07. The first kappa shape index (κ1) is 20.3. The van der Waals surface area contributed by atoms with Crippen LogP contribution in [0.4, 0.5) is 0 Å². The SMILES string of the molecule is O=C(CO)[C@@H](O[C@H]1O[C@H](CO)[C@@H](O)[C@H](O)[C@@H]1O)[C@H](O)[C@H](O)CO. The third-order valence-corrected chi connectivity index (χ3v) is 3.49. The van der Waals surface area contributed by atoms with Crippen molar-refractivity contribution in [3.63, 3.8) is 0 Å². The largest absolute Gasteiger partial charge is 0.394 e. The first-order valence-electron chi connectivity index (χ1n) is 6.85. The topological polar surface area (TPSA) is 197 Å². The van der Waals surface area contributed by atoms with Gasteiger partial charge in [0, 0.05) is 0 Å². The molecule has 0 unspecified atom stereocenters. The van der Waals surface area contributed by atoms with E-state index in [1.807, 2.05) is 0 Å². The van der Waals surface area contributed by atoms with Crippen LogP contribution in [0.5, 0.6) is 0 Å². The minimum Gasteiger partial charge on any atom is -0.394 e. The summed E-state index contributed by atoms with van der Waals surface area (Å²) in [5.41, 5.74) is 0. The van der Waals surface area contributed by atoms with E-state index in [9.17, 15) is 30.3 Å². The first-order valence-corrected chi connectivity index (χ1v) is 6.85. The van der Waals surface area contributed by atoms with Gasteiger partial charge in [-0.15, -0.1) is 0 Å². The average Bonchev–Trinajstić information content (AvgIpc) is 2.57. The second kappa shape index (κ2) is 8.94. The normalized spacial score (nSPS) is 35.6. The molecule has 23 heavy (non-hydrogen) atoms. The fraction of sp³-hybridized carbons (Fsp3) is 0.917. The molecule has 136 valence electrons. The van der Waals surface area contributed by atoms with E-state index in [2.05, 4.69) is 0 Å². The predicted octanol–water partition coefficient (Wildman–Crippen LogP) is -5.55. The van der Waals surface area contributed by atoms with Crippen LogP contribution in [0.15, 0.2) is 0 Å². The lowest BCUT2D eigenvalue weighted by Crippen LogP contribution is -2.61. The molecule has 0 aromatic carbocycles. The van der Waals surface area contributed by atoms with Crippen LogP contribution >= 0.6 is 0 Å². The molecule has 0 bridgehead atoms. The number of ketones is 1. The van der Waals surface area contributed by atoms with Gasteiger partial charge in [0.15, 0.2) is 12.1 Å². The summed E-state index contributed by atoms with van der Waals surface area (Å²) in [5.74, 6) is -1.08. The summed E-state index contributed by atoms with van der Waals surface area (Å²) in [4.78, 5) is 11.6. The van der Waals surface area contributed by atoms with Crippen molar-refractivity contribution >= 4 is 5.78 Å². The molecule has 1 aliphatic heterocycles. The van der Waals surface area contributed by atoms with Gasteiger partial charge < -0.3 is 50.3 Å². The molecule has 0 saturated carbocycles. The van der Waals surface area contributed by atoms with E-state index >= 15 is 0 Å². The molecule has 1 fully saturated rings. The van der Waals surface area contributed by atoms with Gasteiger partial charge in [-0.3, -0.25) is 4.79 Å². The molecule has 8 N–H and O–H groups in total. The lowest BCUT2D eigenvalue weighted by molar-refractivity contribution is -0.315. The summed E-state index contributed by atoms with van der Waals surface area (Å²) in [7, 11) is 0. The van der Waals surface area contributed by atoms with Crippen molar-refractivity contribution in [3.05, 3.63) is 0 Å². The Balaban J connectivity index is 2.91. The quantitative estimate of drug-likeness (QED) is 0.209. The van der Waals surface area contributed by atoms with Crippen molar-refractivity contribution in [1.82, 2.24) is 0 Å². The lowest BCUT2D eigenvalue weighted by Gasteiger charge is -2.41. The number of aliphatic hydroxyl groups is 8. The smallest absolute Gasteiger partial charge is 0.189 e. The van der Waals surface area contributed by atoms with E-state index < -0.39 is 74.6 Å². The Kier molecular flexibility index (Phi) is 7.89. The van der Waals surface area contributed by atoms with Gasteiger partial charge >= 0.3 is 0 Å². The minimum atomic E-state index is -1.95. The van der Waals surface area contributed by atoms with Gasteiger partial charge in [-0.1, -0.05) is 0 Å². The number of carbonyl (C=O) groups is 1. The number of hydrogen-bond donors (Lipinski definition) is 8. The fourth-order valence-electron chi connectivity index (χ4n) is 2.07. The Labute approximate surface area is 130 Å². The Morgan fingerprint density at radius 1 is 1.04 bits per heavy atom. The molecule has 0 radical (unpaired) electrons. The van der Waals surface area contributed by atoms with Crippen molar-refractivity contribution in [2.45, 2.75) is 49.0 Å². The molecule has 8 atom stereocenters. The summed E-state index contributed by atoms with van der Waals surface area (Å²) in [6.45, 7) is -2.71. The first-order chi connectivity index (χ1) is 10.8. The Morgan fingerprint density at radius 2 is 1.65 bits per heavy atom. The number of carbonyl (C=O) groups excluding carboxylic acids is 1. The van der Waals surface area contributed by atoms with Crippen LogP contribution in [0.2, 0.25) is 0 Å². The van der Waals surface area contributed by atoms with E-state index in [1.54, 1.807) is 0 Å². The summed E-state index contributed by atoms with van der Waals surface area (Å²) >= 11 is 0. The molecular weight excluding hydrogens is 320 g/mol. The molecule has 1 aliphatic rings. The third kappa shape index (κ3) is 4.64. The van der Waals surface area contributed by atoms with Gasteiger partial charge in [-0.25, -0.2) is 0 Å². The number of ether oxygens (including phenoxy) is 2. The summed E-state index contributed by atoms with van der Waals surface area (Å²) in [6.07, 6.45) is -13.9. The van der Waals surface area contributed by atoms with Gasteiger partial charge in [0.1, 0.15) is 49.3 Å². The molecule has 1 heterocycles. The predicted molar refractivity (Wildman–Crippen MR) is 69.8 cm³/mol. The maximum absolute atomic E-state index is 11.6. The number of rotatable bonds is 8. The molecule has 11 heteroatoms. The van der Waals surface area contributed by atoms with Crippen molar-refractivity contribution in [2.75, 3.05) is 19.8 Å². The van der Waals surface area contributed by atoms with Crippen LogP contribution in [-0.4, -0.2) is 115 Å². The highest BCUT2D eigenvalue weighted by Gasteiger charge is 2.46. The summed E-state index contributed by atoms with van der Waals surface area (Å²) in [5, 5.41) is 74.9. The van der Waals surface area contributed by atoms with Crippen LogP contribution < -0.4 is 0 Å². The van der Waals surface area contributed by atoms with Crippen LogP contribution in [-0.2, 0) is 14.3 Å². The zero-order valence-corrected chi connectivity index (χ0v) is 12.0. The minimum absolute atomic E-state index is 0.731. The van der Waals surface area contributed by atoms with Crippen molar-refractivity contribution in [1.29, 1.82) is 0 Å². The monoisotopic (exact) mass is 342 g/mol. The van der Waals surface area contributed by atoms with E-state index in [0.717, 1.165) is 0 Å². The Hall–Kier alpha value is -0.730. The van der Waals surface area contributed by atoms with E-state index in [4.69, 9.17) is 24.8 Å². The molecule has 11 nitrogen and oxygen atoms in total. The highest BCUT2D eigenvalue weighted by atomic mass is 16.7. The highest BCUT2D eigenvalue weighted by Crippen LogP contribution is 2.24. The molecule has 0 spiro atoms. The molecule has 0 amide bonds. The van der Waals surface area contributed by atoms with Crippen LogP contribution in [0.25, 0.3) is 0 Å². The van der Waals surface area contributed by atoms with Gasteiger partial charge in [-0.05, 0) is 0 Å². The van der Waals surface area contributed by atoms with Crippen LogP contribution in [0.3, 0.4) is 0 Å². The van der Waals surface area contributed by atoms with Crippen LogP contribution in [0, 0.1) is 0 Å². The maximum atomic E-state index is 11.6. The van der Waals surface area contributed by atoms with Crippen molar-refractivity contribution < 1.29 is 55.1 Å². The van der Waals surface area contributed by atoms with Gasteiger partial charge in [0.2, 0.25) is 0 Å². The average molecular weight is 342 g/mol. The molecule has 1 rings (SSSR count). The van der Waals surface area contributed by atoms with E-state index in [-0.39, 0.29) is 0 Å². The number of hydrogen-bond acceptors (Lipinski definition) is 11. The zero-order chi connectivity index (χ0) is 17.7. The number of aliphatic hydroxyl groups excluding tert-OH is 8. The second-order valence-electron chi connectivity index (χ2n) is 5.12. The molecule has 0 aromatic heterocycles. The molecule has 1 saturated heterocycles. The highest BCUT2D eigenvalue weighted by molar-refractivity contribution is 5.84. The molecular formula is C12H22O11. The summed E-state index contributed by atoms with van der Waals surface area (Å²) in [6, 6.07) is 0. The number of Topliss-reactive ketones (excluding diaryl/α,β-unsaturated/α-hetero) is 1. The Morgan fingerprint density at radius 3 is 2.13 bits per heavy atom. The van der Waals surface area contributed by atoms with Gasteiger partial charge in [0.05, 0.1) is 13.2 Å². The van der Waals surface area contributed by atoms with E-state index in [1.165, 1.54) is 0 Å². The molecule has 0 aliphatic carbocycles. The zero-order valence-electron chi connectivity index (χ0n) is 12.0. The maximum Gasteiger partial charge on any atom is 0.189 e.